The van der Waals surface area contributed by atoms with E-state index in [4.69, 9.17) is 9.97 Å². The van der Waals surface area contributed by atoms with Crippen molar-refractivity contribution in [3.05, 3.63) is 82.3 Å². The summed E-state index contributed by atoms with van der Waals surface area (Å²) < 4.78 is 2.73. The third-order valence-corrected chi connectivity index (χ3v) is 9.05. The van der Waals surface area contributed by atoms with Gasteiger partial charge >= 0.3 is 0 Å². The van der Waals surface area contributed by atoms with Crippen molar-refractivity contribution in [3.8, 4) is 11.8 Å². The Balaban J connectivity index is 1.29. The number of fused-ring (bicyclic) bond motifs is 2. The summed E-state index contributed by atoms with van der Waals surface area (Å²) in [6.07, 6.45) is 0.935. The quantitative estimate of drug-likeness (QED) is 0.306. The lowest BCUT2D eigenvalue weighted by atomic mass is 9.95. The summed E-state index contributed by atoms with van der Waals surface area (Å²) >= 11 is 3.48. The molecule has 8 nitrogen and oxygen atoms in total. The van der Waals surface area contributed by atoms with E-state index in [1.54, 1.807) is 10.9 Å². The molecule has 0 amide bonds. The molecule has 2 heterocycles. The van der Waals surface area contributed by atoms with Crippen LogP contribution in [-0.2, 0) is 4.79 Å². The molecular formula is C30H26BrN5O3. The number of nitrogens with one attached hydrogen (secondary N) is 1. The molecule has 4 aromatic rings. The predicted octanol–water partition coefficient (Wildman–Crippen LogP) is 3.83. The number of benzene rings is 2. The Kier molecular flexibility index (Phi) is 5.63. The number of hydrogen-bond donors (Lipinski definition) is 3. The molecule has 0 saturated heterocycles. The molecule has 2 aromatic heterocycles. The van der Waals surface area contributed by atoms with Crippen LogP contribution in [-0.4, -0.2) is 53.8 Å². The number of halogens is 1. The van der Waals surface area contributed by atoms with Gasteiger partial charge in [0.2, 0.25) is 5.82 Å². The van der Waals surface area contributed by atoms with Gasteiger partial charge in [0.05, 0.1) is 23.9 Å². The summed E-state index contributed by atoms with van der Waals surface area (Å²) in [6, 6.07) is 17.8. The molecule has 3 fully saturated rings. The van der Waals surface area contributed by atoms with Gasteiger partial charge in [-0.15, -0.1) is 0 Å². The minimum absolute atomic E-state index is 0.0933. The number of anilines is 1. The first-order valence-electron chi connectivity index (χ1n) is 13.1. The lowest BCUT2D eigenvalue weighted by Crippen LogP contribution is -2.36. The first-order valence-corrected chi connectivity index (χ1v) is 13.9. The van der Waals surface area contributed by atoms with E-state index in [1.165, 1.54) is 12.5 Å². The van der Waals surface area contributed by atoms with Crippen molar-refractivity contribution in [3.63, 3.8) is 0 Å². The van der Waals surface area contributed by atoms with E-state index in [9.17, 15) is 15.0 Å². The Morgan fingerprint density at radius 2 is 1.95 bits per heavy atom. The molecule has 39 heavy (non-hydrogen) atoms. The maximum absolute atomic E-state index is 12.4. The maximum atomic E-state index is 12.4. The molecule has 7 atom stereocenters. The highest BCUT2D eigenvalue weighted by Crippen LogP contribution is 2.68. The SMILES string of the molecule is CC(=O)[C@@]12CC1[C@@H](n1cnc3c(NC4C[C@H]4c4ccccc4)nc(C#Cc4cccc(Br)c4)nc31)[C@H](O)C2O. The Morgan fingerprint density at radius 3 is 2.69 bits per heavy atom. The summed E-state index contributed by atoms with van der Waals surface area (Å²) in [5.74, 6) is 7.25. The van der Waals surface area contributed by atoms with Crippen LogP contribution in [0.1, 0.15) is 48.7 Å². The Hall–Kier alpha value is -3.58. The third-order valence-electron chi connectivity index (χ3n) is 8.55. The van der Waals surface area contributed by atoms with Crippen molar-refractivity contribution in [1.29, 1.82) is 0 Å². The zero-order valence-electron chi connectivity index (χ0n) is 21.1. The number of hydrogen-bond acceptors (Lipinski definition) is 7. The lowest BCUT2D eigenvalue weighted by Gasteiger charge is -2.23. The summed E-state index contributed by atoms with van der Waals surface area (Å²) in [6.45, 7) is 1.49. The van der Waals surface area contributed by atoms with Crippen LogP contribution in [0.2, 0.25) is 0 Å². The smallest absolute Gasteiger partial charge is 0.209 e. The van der Waals surface area contributed by atoms with Gasteiger partial charge in [-0.3, -0.25) is 4.79 Å². The largest absolute Gasteiger partial charge is 0.389 e. The molecule has 7 rings (SSSR count). The molecule has 3 N–H and O–H groups in total. The average molecular weight is 584 g/mol. The van der Waals surface area contributed by atoms with E-state index >= 15 is 0 Å². The predicted molar refractivity (Wildman–Crippen MR) is 149 cm³/mol. The second-order valence-electron chi connectivity index (χ2n) is 10.8. The molecule has 3 aliphatic carbocycles. The molecule has 3 saturated carbocycles. The third kappa shape index (κ3) is 3.97. The van der Waals surface area contributed by atoms with E-state index in [2.05, 4.69) is 50.2 Å². The van der Waals surface area contributed by atoms with E-state index < -0.39 is 23.7 Å². The van der Waals surface area contributed by atoms with Crippen LogP contribution >= 0.6 is 15.9 Å². The van der Waals surface area contributed by atoms with Crippen molar-refractivity contribution < 1.29 is 15.0 Å². The molecular weight excluding hydrogens is 558 g/mol. The highest BCUT2D eigenvalue weighted by atomic mass is 79.9. The van der Waals surface area contributed by atoms with E-state index in [0.29, 0.717) is 35.1 Å². The number of rotatable bonds is 5. The molecule has 0 bridgehead atoms. The van der Waals surface area contributed by atoms with Crippen LogP contribution in [0.3, 0.4) is 0 Å². The van der Waals surface area contributed by atoms with Crippen molar-refractivity contribution in [1.82, 2.24) is 19.5 Å². The highest BCUT2D eigenvalue weighted by molar-refractivity contribution is 9.10. The number of aromatic nitrogens is 4. The van der Waals surface area contributed by atoms with Gasteiger partial charge in [-0.25, -0.2) is 15.0 Å². The Labute approximate surface area is 233 Å². The first-order chi connectivity index (χ1) is 18.9. The van der Waals surface area contributed by atoms with Gasteiger partial charge < -0.3 is 20.1 Å². The number of aliphatic hydroxyl groups is 2. The minimum atomic E-state index is -1.12. The van der Waals surface area contributed by atoms with Gasteiger partial charge in [-0.1, -0.05) is 58.2 Å². The fourth-order valence-electron chi connectivity index (χ4n) is 6.36. The number of carbonyl (C=O) groups excluding carboxylic acids is 1. The van der Waals surface area contributed by atoms with Crippen LogP contribution < -0.4 is 5.32 Å². The summed E-state index contributed by atoms with van der Waals surface area (Å²) in [5.41, 5.74) is 2.29. The average Bonchev–Trinajstić information content (AvgIpc) is 3.81. The van der Waals surface area contributed by atoms with Crippen molar-refractivity contribution in [2.24, 2.45) is 11.3 Å². The van der Waals surface area contributed by atoms with Crippen LogP contribution in [0.5, 0.6) is 0 Å². The maximum Gasteiger partial charge on any atom is 0.209 e. The minimum Gasteiger partial charge on any atom is -0.389 e. The summed E-state index contributed by atoms with van der Waals surface area (Å²) in [4.78, 5) is 26.5. The monoisotopic (exact) mass is 583 g/mol. The van der Waals surface area contributed by atoms with E-state index in [1.807, 2.05) is 42.5 Å². The molecule has 3 aliphatic rings. The number of aliphatic hydroxyl groups excluding tert-OH is 2. The van der Waals surface area contributed by atoms with E-state index in [-0.39, 0.29) is 17.7 Å². The summed E-state index contributed by atoms with van der Waals surface area (Å²) in [7, 11) is 0. The standard InChI is InChI=1S/C30H26BrN5O3/c1-16(37)30-14-21(30)25(26(38)27(30)39)36-15-32-24-28(33-22-13-20(22)18-7-3-2-4-8-18)34-23(35-29(24)36)11-10-17-6-5-9-19(31)12-17/h2-9,12,15,20-22,25-27,38-39H,13-14H2,1H3,(H,33,34,35)/t20-,21?,22?,25+,26-,27?,30-/m0/s1. The molecule has 0 aliphatic heterocycles. The number of Topliss-reactive ketones (excluding diaryl/α,β-unsaturated/α-hetero) is 1. The van der Waals surface area contributed by atoms with Crippen molar-refractivity contribution in [2.45, 2.75) is 50.0 Å². The lowest BCUT2D eigenvalue weighted by molar-refractivity contribution is -0.128. The van der Waals surface area contributed by atoms with Crippen LogP contribution in [0.4, 0.5) is 5.82 Å². The number of carbonyl (C=O) groups is 1. The van der Waals surface area contributed by atoms with Gasteiger partial charge in [0.25, 0.3) is 0 Å². The zero-order valence-corrected chi connectivity index (χ0v) is 22.7. The van der Waals surface area contributed by atoms with Crippen LogP contribution in [0.15, 0.2) is 65.4 Å². The normalized spacial score (nSPS) is 30.4. The van der Waals surface area contributed by atoms with Gasteiger partial charge in [0.1, 0.15) is 11.9 Å². The number of nitrogens with zero attached hydrogens (tertiary/aromatic N) is 4. The van der Waals surface area contributed by atoms with Gasteiger partial charge in [0, 0.05) is 22.0 Å². The second kappa shape index (κ2) is 8.98. The topological polar surface area (TPSA) is 113 Å². The van der Waals surface area contributed by atoms with E-state index in [0.717, 1.165) is 16.5 Å². The zero-order chi connectivity index (χ0) is 26.9. The van der Waals surface area contributed by atoms with Crippen molar-refractivity contribution >= 4 is 38.7 Å². The van der Waals surface area contributed by atoms with Crippen LogP contribution in [0.25, 0.3) is 11.2 Å². The fourth-order valence-corrected chi connectivity index (χ4v) is 6.76. The molecule has 9 heteroatoms. The van der Waals surface area contributed by atoms with Gasteiger partial charge in [0.15, 0.2) is 17.0 Å². The van der Waals surface area contributed by atoms with Crippen molar-refractivity contribution in [2.75, 3.05) is 5.32 Å². The second-order valence-corrected chi connectivity index (χ2v) is 11.7. The molecule has 196 valence electrons. The molecule has 0 spiro atoms. The molecule has 0 radical (unpaired) electrons. The van der Waals surface area contributed by atoms with Gasteiger partial charge in [-0.05, 0) is 55.4 Å². The number of ketones is 1. The Bertz CT molecular complexity index is 1680. The fraction of sp³-hybridized carbons (Fsp3) is 0.333. The van der Waals surface area contributed by atoms with Crippen LogP contribution in [0, 0.1) is 23.2 Å². The summed E-state index contributed by atoms with van der Waals surface area (Å²) in [5, 5.41) is 25.4. The molecule has 3 unspecified atom stereocenters. The highest BCUT2D eigenvalue weighted by Gasteiger charge is 2.74. The number of imidazole rings is 1. The van der Waals surface area contributed by atoms with Gasteiger partial charge in [-0.2, -0.15) is 0 Å². The Morgan fingerprint density at radius 1 is 1.13 bits per heavy atom. The first kappa shape index (κ1) is 24.5. The molecule has 2 aromatic carbocycles.